The number of nitrogens with zero attached hydrogens (tertiary/aromatic N) is 4. The molecule has 0 aliphatic heterocycles. The fourth-order valence-corrected chi connectivity index (χ4v) is 3.71. The van der Waals surface area contributed by atoms with Crippen LogP contribution in [0.2, 0.25) is 0 Å². The van der Waals surface area contributed by atoms with E-state index >= 15 is 0 Å². The molecule has 4 rings (SSSR count). The van der Waals surface area contributed by atoms with Gasteiger partial charge in [-0.05, 0) is 28.0 Å². The number of benzene rings is 2. The lowest BCUT2D eigenvalue weighted by atomic mass is 10.0. The average Bonchev–Trinajstić information content (AvgIpc) is 3.29. The Labute approximate surface area is 153 Å². The Kier molecular flexibility index (Phi) is 4.06. The van der Waals surface area contributed by atoms with Gasteiger partial charge in [0.25, 0.3) is 0 Å². The standard InChI is InChI=1S/C19H14N4O2S/c1-23-21-18(20-22-23)15-11-16(19(24)25)26-17(15)14-9-7-13(8-10-14)12-5-3-2-4-6-12/h2-11H,1H3,(H,24,25). The van der Waals surface area contributed by atoms with Crippen LogP contribution in [0.4, 0.5) is 0 Å². The molecule has 0 spiro atoms. The zero-order chi connectivity index (χ0) is 18.1. The summed E-state index contributed by atoms with van der Waals surface area (Å²) in [4.78, 5) is 13.8. The normalized spacial score (nSPS) is 10.8. The van der Waals surface area contributed by atoms with Crippen LogP contribution >= 0.6 is 11.3 Å². The van der Waals surface area contributed by atoms with Crippen LogP contribution in [0.5, 0.6) is 0 Å². The summed E-state index contributed by atoms with van der Waals surface area (Å²) in [6, 6.07) is 19.7. The molecule has 26 heavy (non-hydrogen) atoms. The number of aromatic carboxylic acids is 1. The minimum absolute atomic E-state index is 0.245. The Morgan fingerprint density at radius 2 is 1.65 bits per heavy atom. The van der Waals surface area contributed by atoms with E-state index in [0.717, 1.165) is 21.6 Å². The van der Waals surface area contributed by atoms with E-state index in [9.17, 15) is 9.90 Å². The molecule has 0 radical (unpaired) electrons. The van der Waals surface area contributed by atoms with Gasteiger partial charge >= 0.3 is 5.97 Å². The highest BCUT2D eigenvalue weighted by Gasteiger charge is 2.19. The van der Waals surface area contributed by atoms with Crippen LogP contribution in [0.15, 0.2) is 60.7 Å². The largest absolute Gasteiger partial charge is 0.477 e. The smallest absolute Gasteiger partial charge is 0.345 e. The molecule has 0 bridgehead atoms. The lowest BCUT2D eigenvalue weighted by Crippen LogP contribution is -1.92. The van der Waals surface area contributed by atoms with Gasteiger partial charge in [0.05, 0.1) is 7.05 Å². The molecule has 0 amide bonds. The average molecular weight is 362 g/mol. The van der Waals surface area contributed by atoms with Gasteiger partial charge in [0.15, 0.2) is 0 Å². The molecule has 0 fully saturated rings. The second-order valence-electron chi connectivity index (χ2n) is 5.70. The van der Waals surface area contributed by atoms with Gasteiger partial charge in [-0.1, -0.05) is 54.6 Å². The Morgan fingerprint density at radius 3 is 2.27 bits per heavy atom. The number of hydrogen-bond acceptors (Lipinski definition) is 5. The summed E-state index contributed by atoms with van der Waals surface area (Å²) in [7, 11) is 1.68. The third kappa shape index (κ3) is 3.00. The maximum absolute atomic E-state index is 11.4. The van der Waals surface area contributed by atoms with Crippen molar-refractivity contribution in [2.45, 2.75) is 0 Å². The summed E-state index contributed by atoms with van der Waals surface area (Å²) in [5, 5.41) is 21.5. The lowest BCUT2D eigenvalue weighted by molar-refractivity contribution is 0.0702. The molecule has 2 heterocycles. The molecule has 0 unspecified atom stereocenters. The van der Waals surface area contributed by atoms with E-state index in [4.69, 9.17) is 0 Å². The Hall–Kier alpha value is -3.32. The van der Waals surface area contributed by atoms with Crippen LogP contribution < -0.4 is 0 Å². The second-order valence-corrected chi connectivity index (χ2v) is 6.76. The topological polar surface area (TPSA) is 80.9 Å². The second kappa shape index (κ2) is 6.53. The molecule has 0 aliphatic rings. The molecule has 6 nitrogen and oxygen atoms in total. The first-order chi connectivity index (χ1) is 12.6. The predicted molar refractivity (Wildman–Crippen MR) is 99.9 cm³/mol. The van der Waals surface area contributed by atoms with E-state index in [-0.39, 0.29) is 4.88 Å². The maximum Gasteiger partial charge on any atom is 0.345 e. The maximum atomic E-state index is 11.4. The number of carboxylic acids is 1. The van der Waals surface area contributed by atoms with E-state index in [1.54, 1.807) is 13.1 Å². The molecule has 7 heteroatoms. The van der Waals surface area contributed by atoms with Crippen LogP contribution in [0.25, 0.3) is 33.0 Å². The molecule has 0 saturated heterocycles. The molecule has 1 N–H and O–H groups in total. The van der Waals surface area contributed by atoms with Gasteiger partial charge in [0.1, 0.15) is 4.88 Å². The van der Waals surface area contributed by atoms with Crippen molar-refractivity contribution in [3.05, 3.63) is 65.5 Å². The summed E-state index contributed by atoms with van der Waals surface area (Å²) in [5.41, 5.74) is 3.83. The van der Waals surface area contributed by atoms with Crippen molar-refractivity contribution in [3.8, 4) is 33.0 Å². The van der Waals surface area contributed by atoms with Crippen molar-refractivity contribution in [2.75, 3.05) is 0 Å². The van der Waals surface area contributed by atoms with E-state index in [2.05, 4.69) is 27.5 Å². The summed E-state index contributed by atoms with van der Waals surface area (Å²) in [6.45, 7) is 0. The molecule has 0 saturated carbocycles. The van der Waals surface area contributed by atoms with Gasteiger partial charge in [0, 0.05) is 10.4 Å². The lowest BCUT2D eigenvalue weighted by Gasteiger charge is -2.04. The van der Waals surface area contributed by atoms with Crippen molar-refractivity contribution < 1.29 is 9.90 Å². The summed E-state index contributed by atoms with van der Waals surface area (Å²) < 4.78 is 0. The summed E-state index contributed by atoms with van der Waals surface area (Å²) >= 11 is 1.21. The first-order valence-electron chi connectivity index (χ1n) is 7.89. The number of carbonyl (C=O) groups is 1. The summed E-state index contributed by atoms with van der Waals surface area (Å²) in [6.07, 6.45) is 0. The molecular formula is C19H14N4O2S. The molecule has 128 valence electrons. The summed E-state index contributed by atoms with van der Waals surface area (Å²) in [5.74, 6) is -0.550. The fraction of sp³-hybridized carbons (Fsp3) is 0.0526. The highest BCUT2D eigenvalue weighted by Crippen LogP contribution is 2.38. The third-order valence-electron chi connectivity index (χ3n) is 3.95. The zero-order valence-corrected chi connectivity index (χ0v) is 14.6. The predicted octanol–water partition coefficient (Wildman–Crippen LogP) is 3.97. The molecule has 2 aromatic heterocycles. The van der Waals surface area contributed by atoms with Gasteiger partial charge in [0.2, 0.25) is 5.82 Å². The SMILES string of the molecule is Cn1nnc(-c2cc(C(=O)O)sc2-c2ccc(-c3ccccc3)cc2)n1. The van der Waals surface area contributed by atoms with E-state index in [0.29, 0.717) is 11.4 Å². The molecule has 0 atom stereocenters. The van der Waals surface area contributed by atoms with Gasteiger partial charge in [-0.2, -0.15) is 4.80 Å². The van der Waals surface area contributed by atoms with E-state index in [1.165, 1.54) is 16.1 Å². The Bertz CT molecular complexity index is 1070. The monoisotopic (exact) mass is 362 g/mol. The highest BCUT2D eigenvalue weighted by molar-refractivity contribution is 7.18. The van der Waals surface area contributed by atoms with Crippen molar-refractivity contribution in [1.29, 1.82) is 0 Å². The fourth-order valence-electron chi connectivity index (χ4n) is 2.71. The van der Waals surface area contributed by atoms with Crippen LogP contribution in [0.1, 0.15) is 9.67 Å². The number of aryl methyl sites for hydroxylation is 1. The van der Waals surface area contributed by atoms with Crippen LogP contribution in [-0.4, -0.2) is 31.3 Å². The molecule has 2 aromatic carbocycles. The number of carboxylic acid groups (broad SMARTS) is 1. The highest BCUT2D eigenvalue weighted by atomic mass is 32.1. The quantitative estimate of drug-likeness (QED) is 0.594. The van der Waals surface area contributed by atoms with Crippen molar-refractivity contribution in [2.24, 2.45) is 7.05 Å². The first-order valence-corrected chi connectivity index (χ1v) is 8.71. The number of rotatable bonds is 4. The molecule has 0 aliphatic carbocycles. The first kappa shape index (κ1) is 16.2. The van der Waals surface area contributed by atoms with Gasteiger partial charge < -0.3 is 5.11 Å². The van der Waals surface area contributed by atoms with Crippen molar-refractivity contribution in [1.82, 2.24) is 20.2 Å². The van der Waals surface area contributed by atoms with Gasteiger partial charge in [-0.3, -0.25) is 0 Å². The van der Waals surface area contributed by atoms with Crippen molar-refractivity contribution in [3.63, 3.8) is 0 Å². The van der Waals surface area contributed by atoms with Crippen LogP contribution in [0, 0.1) is 0 Å². The Balaban J connectivity index is 1.78. The van der Waals surface area contributed by atoms with E-state index in [1.807, 2.05) is 42.5 Å². The third-order valence-corrected chi connectivity index (χ3v) is 5.12. The Morgan fingerprint density at radius 1 is 1.00 bits per heavy atom. The van der Waals surface area contributed by atoms with Gasteiger partial charge in [-0.15, -0.1) is 21.5 Å². The minimum atomic E-state index is -0.965. The van der Waals surface area contributed by atoms with Crippen molar-refractivity contribution >= 4 is 17.3 Å². The number of hydrogen-bond donors (Lipinski definition) is 1. The zero-order valence-electron chi connectivity index (χ0n) is 13.8. The number of tetrazole rings is 1. The number of thiophene rings is 1. The minimum Gasteiger partial charge on any atom is -0.477 e. The number of aromatic nitrogens is 4. The van der Waals surface area contributed by atoms with Crippen LogP contribution in [0.3, 0.4) is 0 Å². The van der Waals surface area contributed by atoms with Crippen LogP contribution in [-0.2, 0) is 7.05 Å². The van der Waals surface area contributed by atoms with Gasteiger partial charge in [-0.25, -0.2) is 4.79 Å². The van der Waals surface area contributed by atoms with E-state index < -0.39 is 5.97 Å². The molecule has 4 aromatic rings. The molecular weight excluding hydrogens is 348 g/mol.